The number of hydrogen-bond donors (Lipinski definition) is 1. The number of nitrogens with one attached hydrogen (secondary N) is 1. The third-order valence-corrected chi connectivity index (χ3v) is 3.93. The molecule has 0 aliphatic carbocycles. The van der Waals surface area contributed by atoms with Gasteiger partial charge in [0.2, 0.25) is 5.28 Å². The maximum atomic E-state index is 5.92. The van der Waals surface area contributed by atoms with Crippen LogP contribution in [0.5, 0.6) is 5.75 Å². The Balaban J connectivity index is 1.61. The monoisotopic (exact) mass is 319 g/mol. The molecule has 3 rings (SSSR count). The molecule has 0 aliphatic rings. The molecular weight excluding hydrogens is 306 g/mol. The van der Waals surface area contributed by atoms with E-state index in [2.05, 4.69) is 15.3 Å². The summed E-state index contributed by atoms with van der Waals surface area (Å²) in [4.78, 5) is 9.30. The minimum atomic E-state index is 0.257. The van der Waals surface area contributed by atoms with Crippen LogP contribution in [0.1, 0.15) is 5.56 Å². The molecule has 0 saturated carbocycles. The lowest BCUT2D eigenvalue weighted by Gasteiger charge is -2.09. The van der Waals surface area contributed by atoms with Crippen molar-refractivity contribution >= 4 is 39.0 Å². The van der Waals surface area contributed by atoms with E-state index in [0.29, 0.717) is 13.2 Å². The van der Waals surface area contributed by atoms with Crippen molar-refractivity contribution in [1.82, 2.24) is 9.97 Å². The molecule has 0 bridgehead atoms. The van der Waals surface area contributed by atoms with E-state index < -0.39 is 0 Å². The fourth-order valence-electron chi connectivity index (χ4n) is 2.01. The maximum Gasteiger partial charge on any atom is 0.225 e. The number of ether oxygens (including phenoxy) is 1. The Hall–Kier alpha value is -1.85. The van der Waals surface area contributed by atoms with Gasteiger partial charge < -0.3 is 10.1 Å². The first-order chi connectivity index (χ1) is 10.2. The van der Waals surface area contributed by atoms with Gasteiger partial charge in [-0.2, -0.15) is 0 Å². The Kier molecular flexibility index (Phi) is 4.22. The Morgan fingerprint density at radius 3 is 3.05 bits per heavy atom. The third kappa shape index (κ3) is 3.43. The predicted molar refractivity (Wildman–Crippen MR) is 87.6 cm³/mol. The van der Waals surface area contributed by atoms with Crippen LogP contribution in [-0.4, -0.2) is 23.1 Å². The zero-order chi connectivity index (χ0) is 14.7. The van der Waals surface area contributed by atoms with Crippen molar-refractivity contribution in [2.24, 2.45) is 0 Å². The SMILES string of the molecule is Cc1cccc(OCCNc2nc(Cl)nc3sccc23)c1. The van der Waals surface area contributed by atoms with Crippen molar-refractivity contribution in [3.63, 3.8) is 0 Å². The van der Waals surface area contributed by atoms with Crippen molar-refractivity contribution in [3.8, 4) is 5.75 Å². The normalized spacial score (nSPS) is 10.8. The average molecular weight is 320 g/mol. The molecule has 1 N–H and O–H groups in total. The molecular formula is C15H14ClN3OS. The average Bonchev–Trinajstić information content (AvgIpc) is 2.91. The Morgan fingerprint density at radius 2 is 2.19 bits per heavy atom. The fraction of sp³-hybridized carbons (Fsp3) is 0.200. The Bertz CT molecular complexity index is 760. The number of aromatic nitrogens is 2. The van der Waals surface area contributed by atoms with Crippen LogP contribution in [0.15, 0.2) is 35.7 Å². The predicted octanol–water partition coefficient (Wildman–Crippen LogP) is 4.14. The molecule has 4 nitrogen and oxygen atoms in total. The number of fused-ring (bicyclic) bond motifs is 1. The number of hydrogen-bond acceptors (Lipinski definition) is 5. The van der Waals surface area contributed by atoms with E-state index in [0.717, 1.165) is 21.8 Å². The molecule has 0 unspecified atom stereocenters. The van der Waals surface area contributed by atoms with E-state index in [1.54, 1.807) is 11.3 Å². The highest BCUT2D eigenvalue weighted by Gasteiger charge is 2.07. The largest absolute Gasteiger partial charge is 0.492 e. The Morgan fingerprint density at radius 1 is 1.29 bits per heavy atom. The summed E-state index contributed by atoms with van der Waals surface area (Å²) in [6.45, 7) is 3.24. The lowest BCUT2D eigenvalue weighted by molar-refractivity contribution is 0.332. The fourth-order valence-corrected chi connectivity index (χ4v) is 2.99. The first-order valence-corrected chi connectivity index (χ1v) is 7.82. The first-order valence-electron chi connectivity index (χ1n) is 6.56. The van der Waals surface area contributed by atoms with Gasteiger partial charge in [0.25, 0.3) is 0 Å². The quantitative estimate of drug-likeness (QED) is 0.567. The molecule has 0 fully saturated rings. The van der Waals surface area contributed by atoms with Crippen LogP contribution in [0.25, 0.3) is 10.2 Å². The number of benzene rings is 1. The molecule has 108 valence electrons. The second-order valence-corrected chi connectivity index (χ2v) is 5.81. The summed E-state index contributed by atoms with van der Waals surface area (Å²) < 4.78 is 5.70. The van der Waals surface area contributed by atoms with E-state index in [9.17, 15) is 0 Å². The number of anilines is 1. The van der Waals surface area contributed by atoms with Crippen LogP contribution in [0.2, 0.25) is 5.28 Å². The summed E-state index contributed by atoms with van der Waals surface area (Å²) in [5.41, 5.74) is 1.18. The minimum Gasteiger partial charge on any atom is -0.492 e. The van der Waals surface area contributed by atoms with E-state index in [4.69, 9.17) is 16.3 Å². The van der Waals surface area contributed by atoms with Crippen LogP contribution in [0.4, 0.5) is 5.82 Å². The number of halogens is 1. The molecule has 3 aromatic rings. The highest BCUT2D eigenvalue weighted by Crippen LogP contribution is 2.26. The molecule has 6 heteroatoms. The van der Waals surface area contributed by atoms with Gasteiger partial charge in [0.05, 0.1) is 11.9 Å². The highest BCUT2D eigenvalue weighted by molar-refractivity contribution is 7.16. The first kappa shape index (κ1) is 14.1. The van der Waals surface area contributed by atoms with Gasteiger partial charge in [-0.15, -0.1) is 11.3 Å². The van der Waals surface area contributed by atoms with Gasteiger partial charge in [-0.05, 0) is 47.7 Å². The molecule has 0 radical (unpaired) electrons. The smallest absolute Gasteiger partial charge is 0.225 e. The van der Waals surface area contributed by atoms with Crippen LogP contribution in [0, 0.1) is 6.92 Å². The topological polar surface area (TPSA) is 47.0 Å². The zero-order valence-electron chi connectivity index (χ0n) is 11.5. The van der Waals surface area contributed by atoms with Gasteiger partial charge in [-0.25, -0.2) is 9.97 Å². The number of thiophene rings is 1. The van der Waals surface area contributed by atoms with Crippen LogP contribution >= 0.6 is 22.9 Å². The third-order valence-electron chi connectivity index (χ3n) is 2.95. The van der Waals surface area contributed by atoms with Gasteiger partial charge in [-0.1, -0.05) is 12.1 Å². The van der Waals surface area contributed by atoms with E-state index >= 15 is 0 Å². The standard InChI is InChI=1S/C15H14ClN3OS/c1-10-3-2-4-11(9-10)20-7-6-17-13-12-5-8-21-14(12)19-15(16)18-13/h2-5,8-9H,6-7H2,1H3,(H,17,18,19). The van der Waals surface area contributed by atoms with Crippen LogP contribution < -0.4 is 10.1 Å². The van der Waals surface area contributed by atoms with Crippen molar-refractivity contribution < 1.29 is 4.74 Å². The molecule has 2 aromatic heterocycles. The second kappa shape index (κ2) is 6.28. The van der Waals surface area contributed by atoms with Gasteiger partial charge in [0, 0.05) is 0 Å². The summed E-state index contributed by atoms with van der Waals surface area (Å²) in [6, 6.07) is 9.98. The summed E-state index contributed by atoms with van der Waals surface area (Å²) in [6.07, 6.45) is 0. The van der Waals surface area contributed by atoms with Gasteiger partial charge in [0.15, 0.2) is 0 Å². The molecule has 0 spiro atoms. The van der Waals surface area contributed by atoms with Crippen molar-refractivity contribution in [2.75, 3.05) is 18.5 Å². The van der Waals surface area contributed by atoms with E-state index in [1.165, 1.54) is 5.56 Å². The van der Waals surface area contributed by atoms with Gasteiger partial charge in [0.1, 0.15) is 23.0 Å². The van der Waals surface area contributed by atoms with Crippen molar-refractivity contribution in [3.05, 3.63) is 46.6 Å². The lowest BCUT2D eigenvalue weighted by Crippen LogP contribution is -2.12. The summed E-state index contributed by atoms with van der Waals surface area (Å²) in [7, 11) is 0. The molecule has 0 atom stereocenters. The Labute approximate surface area is 131 Å². The van der Waals surface area contributed by atoms with Crippen LogP contribution in [-0.2, 0) is 0 Å². The maximum absolute atomic E-state index is 5.92. The van der Waals surface area contributed by atoms with Crippen LogP contribution in [0.3, 0.4) is 0 Å². The summed E-state index contributed by atoms with van der Waals surface area (Å²) >= 11 is 7.47. The molecule has 0 saturated heterocycles. The zero-order valence-corrected chi connectivity index (χ0v) is 13.0. The number of aryl methyl sites for hydroxylation is 1. The second-order valence-electron chi connectivity index (χ2n) is 4.57. The molecule has 21 heavy (non-hydrogen) atoms. The molecule has 0 amide bonds. The highest BCUT2D eigenvalue weighted by atomic mass is 35.5. The molecule has 2 heterocycles. The van der Waals surface area contributed by atoms with E-state index in [-0.39, 0.29) is 5.28 Å². The number of rotatable bonds is 5. The molecule has 1 aromatic carbocycles. The molecule has 0 aliphatic heterocycles. The minimum absolute atomic E-state index is 0.257. The lowest BCUT2D eigenvalue weighted by atomic mass is 10.2. The van der Waals surface area contributed by atoms with Crippen molar-refractivity contribution in [1.29, 1.82) is 0 Å². The van der Waals surface area contributed by atoms with E-state index in [1.807, 2.05) is 42.6 Å². The van der Waals surface area contributed by atoms with Gasteiger partial charge in [-0.3, -0.25) is 0 Å². The summed E-state index contributed by atoms with van der Waals surface area (Å²) in [5, 5.41) is 6.46. The number of nitrogens with zero attached hydrogens (tertiary/aromatic N) is 2. The van der Waals surface area contributed by atoms with Crippen molar-refractivity contribution in [2.45, 2.75) is 6.92 Å². The summed E-state index contributed by atoms with van der Waals surface area (Å²) in [5.74, 6) is 1.62. The van der Waals surface area contributed by atoms with Gasteiger partial charge >= 0.3 is 0 Å².